The van der Waals surface area contributed by atoms with Crippen LogP contribution in [-0.2, 0) is 0 Å². The number of nitrogens with two attached hydrogens (primary N) is 1. The van der Waals surface area contributed by atoms with Gasteiger partial charge in [0.15, 0.2) is 0 Å². The van der Waals surface area contributed by atoms with Crippen molar-refractivity contribution in [2.75, 3.05) is 18.5 Å². The van der Waals surface area contributed by atoms with Crippen LogP contribution >= 0.6 is 0 Å². The zero-order valence-corrected chi connectivity index (χ0v) is 12.7. The van der Waals surface area contributed by atoms with Crippen molar-refractivity contribution < 1.29 is 0 Å². The number of anilines is 1. The monoisotopic (exact) mass is 272 g/mol. The van der Waals surface area contributed by atoms with E-state index in [1.807, 2.05) is 10.9 Å². The summed E-state index contributed by atoms with van der Waals surface area (Å²) in [5, 5.41) is 4.41. The lowest BCUT2D eigenvalue weighted by Crippen LogP contribution is -2.30. The molecule has 1 aromatic heterocycles. The third-order valence-electron chi connectivity index (χ3n) is 3.67. The van der Waals surface area contributed by atoms with Crippen LogP contribution < -0.4 is 10.6 Å². The van der Waals surface area contributed by atoms with Crippen molar-refractivity contribution in [3.8, 4) is 0 Å². The highest BCUT2D eigenvalue weighted by Gasteiger charge is 2.18. The van der Waals surface area contributed by atoms with Gasteiger partial charge in [0, 0.05) is 37.1 Å². The molecule has 0 amide bonds. The lowest BCUT2D eigenvalue weighted by Gasteiger charge is -2.28. The van der Waals surface area contributed by atoms with Crippen LogP contribution in [-0.4, -0.2) is 23.4 Å². The van der Waals surface area contributed by atoms with Crippen molar-refractivity contribution in [1.29, 1.82) is 0 Å². The van der Waals surface area contributed by atoms with E-state index in [4.69, 9.17) is 5.73 Å². The molecule has 0 aliphatic rings. The molecule has 0 spiro atoms. The van der Waals surface area contributed by atoms with E-state index in [9.17, 15) is 0 Å². The molecule has 1 atom stereocenters. The quantitative estimate of drug-likeness (QED) is 0.910. The molecule has 1 aromatic carbocycles. The highest BCUT2D eigenvalue weighted by molar-refractivity contribution is 5.49. The summed E-state index contributed by atoms with van der Waals surface area (Å²) >= 11 is 0. The molecule has 0 fully saturated rings. The molecule has 0 saturated carbocycles. The molecule has 1 unspecified atom stereocenters. The van der Waals surface area contributed by atoms with Gasteiger partial charge in [-0.1, -0.05) is 17.7 Å². The van der Waals surface area contributed by atoms with Gasteiger partial charge in [0.2, 0.25) is 0 Å². The maximum atomic E-state index is 5.98. The predicted molar refractivity (Wildman–Crippen MR) is 84.0 cm³/mol. The van der Waals surface area contributed by atoms with Crippen molar-refractivity contribution in [3.05, 3.63) is 47.8 Å². The van der Waals surface area contributed by atoms with Crippen LogP contribution in [0.2, 0.25) is 0 Å². The minimum atomic E-state index is 0.144. The van der Waals surface area contributed by atoms with Crippen LogP contribution in [0.4, 0.5) is 5.69 Å². The molecule has 4 heteroatoms. The van der Waals surface area contributed by atoms with Gasteiger partial charge in [0.25, 0.3) is 0 Å². The lowest BCUT2D eigenvalue weighted by atomic mass is 10.1. The average molecular weight is 272 g/mol. The molecule has 0 saturated heterocycles. The number of benzene rings is 1. The number of nitrogens with zero attached hydrogens (tertiary/aromatic N) is 3. The molecule has 108 valence electrons. The second-order valence-electron chi connectivity index (χ2n) is 5.55. The summed E-state index contributed by atoms with van der Waals surface area (Å²) in [5.74, 6) is 0. The Morgan fingerprint density at radius 1 is 1.25 bits per heavy atom. The zero-order chi connectivity index (χ0) is 14.7. The topological polar surface area (TPSA) is 47.1 Å². The molecule has 2 rings (SSSR count). The van der Waals surface area contributed by atoms with Gasteiger partial charge in [-0.15, -0.1) is 0 Å². The number of hydrogen-bond acceptors (Lipinski definition) is 3. The summed E-state index contributed by atoms with van der Waals surface area (Å²) in [6.45, 7) is 6.90. The first-order valence-corrected chi connectivity index (χ1v) is 7.06. The fourth-order valence-corrected chi connectivity index (χ4v) is 2.28. The Balaban J connectivity index is 2.24. The molecule has 0 radical (unpaired) electrons. The minimum Gasteiger partial charge on any atom is -0.366 e. The second kappa shape index (κ2) is 6.09. The number of aromatic nitrogens is 2. The summed E-state index contributed by atoms with van der Waals surface area (Å²) in [4.78, 5) is 2.21. The van der Waals surface area contributed by atoms with Crippen LogP contribution in [0, 0.1) is 6.92 Å². The third kappa shape index (κ3) is 3.02. The Bertz CT molecular complexity index is 542. The molecular formula is C16H24N4. The van der Waals surface area contributed by atoms with E-state index in [-0.39, 0.29) is 6.04 Å². The third-order valence-corrected chi connectivity index (χ3v) is 3.67. The van der Waals surface area contributed by atoms with Crippen molar-refractivity contribution >= 4 is 5.69 Å². The number of hydrogen-bond donors (Lipinski definition) is 1. The Labute approximate surface area is 121 Å². The highest BCUT2D eigenvalue weighted by Crippen LogP contribution is 2.25. The summed E-state index contributed by atoms with van der Waals surface area (Å²) in [6, 6.07) is 9.01. The SMILES string of the molecule is Cc1ccc(N(C)C(CN)c2cnn(C(C)C)c2)cc1. The first-order valence-electron chi connectivity index (χ1n) is 7.06. The number of aryl methyl sites for hydroxylation is 1. The molecule has 4 nitrogen and oxygen atoms in total. The van der Waals surface area contributed by atoms with Gasteiger partial charge < -0.3 is 10.6 Å². The summed E-state index contributed by atoms with van der Waals surface area (Å²) in [6.07, 6.45) is 4.01. The van der Waals surface area contributed by atoms with Crippen LogP contribution in [0.25, 0.3) is 0 Å². The second-order valence-corrected chi connectivity index (χ2v) is 5.55. The van der Waals surface area contributed by atoms with Gasteiger partial charge in [0.05, 0.1) is 12.2 Å². The van der Waals surface area contributed by atoms with Crippen LogP contribution in [0.1, 0.15) is 37.1 Å². The molecule has 20 heavy (non-hydrogen) atoms. The average Bonchev–Trinajstić information content (AvgIpc) is 2.90. The Kier molecular flexibility index (Phi) is 4.45. The van der Waals surface area contributed by atoms with Crippen molar-refractivity contribution in [1.82, 2.24) is 9.78 Å². The van der Waals surface area contributed by atoms with E-state index in [1.165, 1.54) is 11.3 Å². The van der Waals surface area contributed by atoms with Gasteiger partial charge in [-0.2, -0.15) is 5.10 Å². The van der Waals surface area contributed by atoms with Crippen LogP contribution in [0.5, 0.6) is 0 Å². The molecule has 0 aliphatic carbocycles. The van der Waals surface area contributed by atoms with E-state index < -0.39 is 0 Å². The van der Waals surface area contributed by atoms with E-state index in [1.54, 1.807) is 0 Å². The normalized spacial score (nSPS) is 12.7. The number of likely N-dealkylation sites (N-methyl/N-ethyl adjacent to an activating group) is 1. The van der Waals surface area contributed by atoms with E-state index in [0.29, 0.717) is 12.6 Å². The van der Waals surface area contributed by atoms with Crippen molar-refractivity contribution in [3.63, 3.8) is 0 Å². The Hall–Kier alpha value is -1.81. The molecule has 0 bridgehead atoms. The van der Waals surface area contributed by atoms with Gasteiger partial charge in [-0.25, -0.2) is 0 Å². The molecular weight excluding hydrogens is 248 g/mol. The van der Waals surface area contributed by atoms with E-state index in [0.717, 1.165) is 5.56 Å². The van der Waals surface area contributed by atoms with Crippen LogP contribution in [0.3, 0.4) is 0 Å². The Morgan fingerprint density at radius 3 is 2.40 bits per heavy atom. The standard InChI is InChI=1S/C16H24N4/c1-12(2)20-11-14(10-18-20)16(9-17)19(4)15-7-5-13(3)6-8-15/h5-8,10-12,16H,9,17H2,1-4H3. The first-order chi connectivity index (χ1) is 9.52. The summed E-state index contributed by atoms with van der Waals surface area (Å²) in [7, 11) is 2.08. The molecule has 2 N–H and O–H groups in total. The smallest absolute Gasteiger partial charge is 0.0692 e. The van der Waals surface area contributed by atoms with Crippen LogP contribution in [0.15, 0.2) is 36.7 Å². The van der Waals surface area contributed by atoms with Gasteiger partial charge >= 0.3 is 0 Å². The van der Waals surface area contributed by atoms with Gasteiger partial charge in [0.1, 0.15) is 0 Å². The fourth-order valence-electron chi connectivity index (χ4n) is 2.28. The van der Waals surface area contributed by atoms with E-state index >= 15 is 0 Å². The molecule has 2 aromatic rings. The predicted octanol–water partition coefficient (Wildman–Crippen LogP) is 2.91. The Morgan fingerprint density at radius 2 is 1.90 bits per heavy atom. The number of rotatable bonds is 5. The lowest BCUT2D eigenvalue weighted by molar-refractivity contribution is 0.531. The summed E-state index contributed by atoms with van der Waals surface area (Å²) in [5.41, 5.74) is 9.57. The minimum absolute atomic E-state index is 0.144. The largest absolute Gasteiger partial charge is 0.366 e. The highest BCUT2D eigenvalue weighted by atomic mass is 15.3. The van der Waals surface area contributed by atoms with E-state index in [2.05, 4.69) is 68.3 Å². The summed E-state index contributed by atoms with van der Waals surface area (Å²) < 4.78 is 1.97. The van der Waals surface area contributed by atoms with Crippen molar-refractivity contribution in [2.24, 2.45) is 5.73 Å². The maximum absolute atomic E-state index is 5.98. The van der Waals surface area contributed by atoms with Crippen molar-refractivity contribution in [2.45, 2.75) is 32.9 Å². The molecule has 1 heterocycles. The van der Waals surface area contributed by atoms with Gasteiger partial charge in [-0.05, 0) is 32.9 Å². The van der Waals surface area contributed by atoms with Gasteiger partial charge in [-0.3, -0.25) is 4.68 Å². The zero-order valence-electron chi connectivity index (χ0n) is 12.7. The first kappa shape index (κ1) is 14.6. The maximum Gasteiger partial charge on any atom is 0.0692 e. The molecule has 0 aliphatic heterocycles. The fraction of sp³-hybridized carbons (Fsp3) is 0.438.